The van der Waals surface area contributed by atoms with Crippen molar-refractivity contribution in [1.29, 1.82) is 0 Å². The summed E-state index contributed by atoms with van der Waals surface area (Å²) in [6.45, 7) is 3.63. The molecule has 36 heavy (non-hydrogen) atoms. The number of Topliss-reactive ketones (excluding diaryl/α,β-unsaturated/α-hetero) is 1. The number of aryl methyl sites for hydroxylation is 1. The number of pyridine rings is 1. The van der Waals surface area contributed by atoms with Crippen molar-refractivity contribution in [2.75, 3.05) is 38.2 Å². The molecule has 0 unspecified atom stereocenters. The number of piperazine rings is 1. The molecule has 1 saturated heterocycles. The van der Waals surface area contributed by atoms with Gasteiger partial charge in [0.15, 0.2) is 5.82 Å². The van der Waals surface area contributed by atoms with Gasteiger partial charge >= 0.3 is 0 Å². The quantitative estimate of drug-likeness (QED) is 0.252. The third-order valence-corrected chi connectivity index (χ3v) is 6.80. The van der Waals surface area contributed by atoms with Crippen molar-refractivity contribution in [2.45, 2.75) is 6.92 Å². The topological polar surface area (TPSA) is 156 Å². The minimum Gasteiger partial charge on any atom is -0.494 e. The summed E-state index contributed by atoms with van der Waals surface area (Å²) >= 11 is 1.50. The van der Waals surface area contributed by atoms with Gasteiger partial charge in [0.2, 0.25) is 11.1 Å². The summed E-state index contributed by atoms with van der Waals surface area (Å²) in [4.78, 5) is 46.1. The van der Waals surface area contributed by atoms with E-state index >= 15 is 0 Å². The fraction of sp³-hybridized carbons (Fsp3) is 0.286. The van der Waals surface area contributed by atoms with Gasteiger partial charge in [-0.3, -0.25) is 9.59 Å². The zero-order valence-corrected chi connectivity index (χ0v) is 20.2. The minimum atomic E-state index is -0.619. The van der Waals surface area contributed by atoms with Gasteiger partial charge in [-0.05, 0) is 6.92 Å². The van der Waals surface area contributed by atoms with Crippen LogP contribution in [0.25, 0.3) is 21.9 Å². The molecule has 184 valence electrons. The molecule has 14 nitrogen and oxygen atoms in total. The summed E-state index contributed by atoms with van der Waals surface area (Å²) in [5.41, 5.74) is 0.746. The van der Waals surface area contributed by atoms with Gasteiger partial charge in [-0.2, -0.15) is 9.78 Å². The SMILES string of the molecule is COc1cnc(-n2cnc(C)n2)c2[nH]cc(C(=O)C(=O)N3CCN(c4n[nH]n4-c4nccs4)CC3)c12. The van der Waals surface area contributed by atoms with Crippen LogP contribution in [0.3, 0.4) is 0 Å². The number of aromatic nitrogens is 9. The summed E-state index contributed by atoms with van der Waals surface area (Å²) < 4.78 is 8.77. The summed E-state index contributed by atoms with van der Waals surface area (Å²) in [5, 5.41) is 14.6. The summed E-state index contributed by atoms with van der Waals surface area (Å²) in [7, 11) is 1.49. The average Bonchev–Trinajstić information content (AvgIpc) is 3.64. The molecule has 1 aliphatic rings. The predicted octanol–water partition coefficient (Wildman–Crippen LogP) is 0.962. The molecule has 0 radical (unpaired) electrons. The highest BCUT2D eigenvalue weighted by atomic mass is 32.1. The van der Waals surface area contributed by atoms with E-state index in [-0.39, 0.29) is 5.56 Å². The second-order valence-electron chi connectivity index (χ2n) is 8.11. The normalized spacial score (nSPS) is 14.1. The van der Waals surface area contributed by atoms with Crippen LogP contribution in [0.2, 0.25) is 0 Å². The maximum atomic E-state index is 13.3. The van der Waals surface area contributed by atoms with Gasteiger partial charge in [0.25, 0.3) is 11.7 Å². The molecule has 1 aliphatic heterocycles. The summed E-state index contributed by atoms with van der Waals surface area (Å²) in [5.74, 6) is 0.964. The molecule has 6 heterocycles. The van der Waals surface area contributed by atoms with Crippen molar-refractivity contribution in [1.82, 2.24) is 49.6 Å². The Kier molecular flexibility index (Phi) is 5.25. The number of H-pyrrole nitrogens is 2. The Hall–Kier alpha value is -4.53. The van der Waals surface area contributed by atoms with Gasteiger partial charge in [0, 0.05) is 44.0 Å². The van der Waals surface area contributed by atoms with Crippen molar-refractivity contribution >= 4 is 39.9 Å². The highest BCUT2D eigenvalue weighted by molar-refractivity contribution is 7.12. The van der Waals surface area contributed by atoms with Crippen molar-refractivity contribution in [3.63, 3.8) is 0 Å². The number of thiazole rings is 1. The average molecular weight is 508 g/mol. The molecule has 1 fully saturated rings. The fourth-order valence-corrected chi connectivity index (χ4v) is 4.83. The first-order valence-corrected chi connectivity index (χ1v) is 12.0. The Balaban J connectivity index is 1.22. The van der Waals surface area contributed by atoms with Crippen LogP contribution in [0, 0.1) is 6.92 Å². The third-order valence-electron chi connectivity index (χ3n) is 6.05. The molecule has 0 spiro atoms. The maximum absolute atomic E-state index is 13.3. The predicted molar refractivity (Wildman–Crippen MR) is 129 cm³/mol. The van der Waals surface area contributed by atoms with E-state index in [0.717, 1.165) is 11.1 Å². The van der Waals surface area contributed by atoms with Crippen LogP contribution in [0.5, 0.6) is 5.75 Å². The number of nitrogens with zero attached hydrogens (tertiary/aromatic N) is 9. The molecule has 6 rings (SSSR count). The number of amides is 1. The lowest BCUT2D eigenvalue weighted by Crippen LogP contribution is -2.52. The van der Waals surface area contributed by atoms with E-state index in [2.05, 4.69) is 40.2 Å². The van der Waals surface area contributed by atoms with E-state index in [4.69, 9.17) is 4.74 Å². The van der Waals surface area contributed by atoms with E-state index in [0.29, 0.717) is 54.5 Å². The van der Waals surface area contributed by atoms with E-state index in [1.54, 1.807) is 22.7 Å². The number of carbonyl (C=O) groups is 2. The molecule has 0 atom stereocenters. The first kappa shape index (κ1) is 22.0. The molecular formula is C21H21N11O3S. The lowest BCUT2D eigenvalue weighted by atomic mass is 10.1. The number of nitrogens with one attached hydrogen (secondary N) is 2. The maximum Gasteiger partial charge on any atom is 0.295 e. The van der Waals surface area contributed by atoms with Crippen molar-refractivity contribution < 1.29 is 14.3 Å². The third kappa shape index (κ3) is 3.51. The van der Waals surface area contributed by atoms with Crippen LogP contribution in [0.4, 0.5) is 5.95 Å². The molecule has 0 aromatic carbocycles. The largest absolute Gasteiger partial charge is 0.494 e. The molecule has 0 saturated carbocycles. The highest BCUT2D eigenvalue weighted by Gasteiger charge is 2.31. The number of hydrogen-bond donors (Lipinski definition) is 2. The Morgan fingerprint density at radius 2 is 1.97 bits per heavy atom. The Bertz CT molecular complexity index is 1550. The number of ether oxygens (including phenoxy) is 1. The van der Waals surface area contributed by atoms with Gasteiger partial charge in [0.05, 0.1) is 29.8 Å². The molecule has 5 aromatic heterocycles. The molecular weight excluding hydrogens is 486 g/mol. The van der Waals surface area contributed by atoms with Crippen LogP contribution in [-0.2, 0) is 4.79 Å². The molecule has 15 heteroatoms. The van der Waals surface area contributed by atoms with E-state index < -0.39 is 11.7 Å². The number of rotatable bonds is 6. The van der Waals surface area contributed by atoms with E-state index in [9.17, 15) is 9.59 Å². The lowest BCUT2D eigenvalue weighted by Gasteiger charge is -2.36. The van der Waals surface area contributed by atoms with Crippen LogP contribution >= 0.6 is 11.3 Å². The number of methoxy groups -OCH3 is 1. The van der Waals surface area contributed by atoms with Crippen LogP contribution in [0.15, 0.2) is 30.3 Å². The molecule has 5 aromatic rings. The number of ketones is 1. The summed E-state index contributed by atoms with van der Waals surface area (Å²) in [6.07, 6.45) is 6.28. The number of carbonyl (C=O) groups excluding carboxylic acids is 2. The second-order valence-corrected chi connectivity index (χ2v) is 8.98. The summed E-state index contributed by atoms with van der Waals surface area (Å²) in [6, 6.07) is 0. The molecule has 0 bridgehead atoms. The lowest BCUT2D eigenvalue weighted by molar-refractivity contribution is -0.126. The second kappa shape index (κ2) is 8.60. The fourth-order valence-electron chi connectivity index (χ4n) is 4.24. The molecule has 1 amide bonds. The Labute approximate surface area is 207 Å². The standard InChI is InChI=1S/C21H21N11O3S/c1-12-25-11-31(27-12)18-16-15(14(35-2)10-24-18)13(9-23-16)17(33)19(34)29-4-6-30(7-5-29)20-26-28-32(20)21-22-3-8-36-21/h3,8-11,23,28H,4-7H2,1-2H3. The number of fused-ring (bicyclic) bond motifs is 1. The number of aromatic amines is 2. The van der Waals surface area contributed by atoms with Gasteiger partial charge in [0.1, 0.15) is 17.9 Å². The Morgan fingerprint density at radius 3 is 2.61 bits per heavy atom. The van der Waals surface area contributed by atoms with Crippen molar-refractivity contribution in [3.8, 4) is 16.7 Å². The highest BCUT2D eigenvalue weighted by Crippen LogP contribution is 2.32. The molecule has 2 N–H and O–H groups in total. The van der Waals surface area contributed by atoms with Crippen molar-refractivity contribution in [2.24, 2.45) is 0 Å². The monoisotopic (exact) mass is 507 g/mol. The van der Waals surface area contributed by atoms with Crippen LogP contribution in [0.1, 0.15) is 16.2 Å². The van der Waals surface area contributed by atoms with Gasteiger partial charge < -0.3 is 19.5 Å². The number of hydrogen-bond acceptors (Lipinski definition) is 10. The Morgan fingerprint density at radius 1 is 1.14 bits per heavy atom. The van der Waals surface area contributed by atoms with Crippen LogP contribution < -0.4 is 9.64 Å². The zero-order chi connectivity index (χ0) is 24.8. The first-order valence-electron chi connectivity index (χ1n) is 11.1. The number of anilines is 1. The van der Waals surface area contributed by atoms with Crippen LogP contribution in [-0.4, -0.2) is 94.6 Å². The van der Waals surface area contributed by atoms with E-state index in [1.807, 2.05) is 5.38 Å². The smallest absolute Gasteiger partial charge is 0.295 e. The van der Waals surface area contributed by atoms with Crippen molar-refractivity contribution in [3.05, 3.63) is 41.7 Å². The van der Waals surface area contributed by atoms with E-state index in [1.165, 1.54) is 41.8 Å². The van der Waals surface area contributed by atoms with Gasteiger partial charge in [-0.15, -0.1) is 16.4 Å². The minimum absolute atomic E-state index is 0.220. The molecule has 0 aliphatic carbocycles. The zero-order valence-electron chi connectivity index (χ0n) is 19.4. The van der Waals surface area contributed by atoms with Gasteiger partial charge in [-0.25, -0.2) is 24.8 Å². The van der Waals surface area contributed by atoms with Gasteiger partial charge in [-0.1, -0.05) is 0 Å². The first-order chi connectivity index (χ1) is 17.5.